The molecule has 1 aromatic heterocycles. The lowest BCUT2D eigenvalue weighted by atomic mass is 9.99. The van der Waals surface area contributed by atoms with E-state index in [1.54, 1.807) is 24.5 Å². The van der Waals surface area contributed by atoms with Crippen LogP contribution in [0.1, 0.15) is 67.0 Å². The largest absolute Gasteiger partial charge is 0.468 e. The van der Waals surface area contributed by atoms with Crippen molar-refractivity contribution in [1.29, 1.82) is 0 Å². The summed E-state index contributed by atoms with van der Waals surface area (Å²) >= 11 is 0. The molecule has 4 rings (SSSR count). The second-order valence-corrected chi connectivity index (χ2v) is 12.0. The number of methoxy groups -OCH3 is 1. The average Bonchev–Trinajstić information content (AvgIpc) is 3.57. The molecule has 0 fully saturated rings. The van der Waals surface area contributed by atoms with Crippen LogP contribution in [0.4, 0.5) is 0 Å². The third-order valence-electron chi connectivity index (χ3n) is 7.83. The molecule has 1 heterocycles. The fraction of sp³-hybridized carbons (Fsp3) is 0.389. The Morgan fingerprint density at radius 3 is 2.41 bits per heavy atom. The highest BCUT2D eigenvalue weighted by Gasteiger charge is 2.24. The van der Waals surface area contributed by atoms with Gasteiger partial charge in [0.25, 0.3) is 5.91 Å². The second-order valence-electron chi connectivity index (χ2n) is 12.0. The summed E-state index contributed by atoms with van der Waals surface area (Å²) in [6.07, 6.45) is 4.51. The Morgan fingerprint density at radius 1 is 0.935 bits per heavy atom. The molecular formula is C36H46N6O4. The van der Waals surface area contributed by atoms with Crippen molar-refractivity contribution in [3.05, 3.63) is 102 Å². The number of hydrogen-bond donors (Lipinski definition) is 4. The number of rotatable bonds is 17. The van der Waals surface area contributed by atoms with Gasteiger partial charge < -0.3 is 25.7 Å². The van der Waals surface area contributed by atoms with Gasteiger partial charge >= 0.3 is 5.97 Å². The van der Waals surface area contributed by atoms with Gasteiger partial charge in [-0.05, 0) is 66.3 Å². The lowest BCUT2D eigenvalue weighted by molar-refractivity contribution is -0.142. The third kappa shape index (κ3) is 10.3. The van der Waals surface area contributed by atoms with Crippen molar-refractivity contribution in [2.24, 2.45) is 5.92 Å². The fourth-order valence-electron chi connectivity index (χ4n) is 5.54. The first kappa shape index (κ1) is 34.3. The number of nitrogens with one attached hydrogen (secondary N) is 4. The van der Waals surface area contributed by atoms with Crippen molar-refractivity contribution in [3.8, 4) is 0 Å². The highest BCUT2D eigenvalue weighted by molar-refractivity contribution is 5.97. The van der Waals surface area contributed by atoms with Gasteiger partial charge in [0.05, 0.1) is 26.2 Å². The van der Waals surface area contributed by atoms with Gasteiger partial charge in [-0.1, -0.05) is 68.4 Å². The lowest BCUT2D eigenvalue weighted by Gasteiger charge is -2.25. The number of fused-ring (bicyclic) bond motifs is 1. The molecule has 4 N–H and O–H groups in total. The Balaban J connectivity index is 1.43. The van der Waals surface area contributed by atoms with E-state index in [0.717, 1.165) is 34.3 Å². The van der Waals surface area contributed by atoms with E-state index in [0.29, 0.717) is 44.0 Å². The number of carbonyl (C=O) groups is 3. The van der Waals surface area contributed by atoms with Crippen molar-refractivity contribution in [2.45, 2.75) is 58.8 Å². The Bertz CT molecular complexity index is 1550. The summed E-state index contributed by atoms with van der Waals surface area (Å²) < 4.78 is 4.88. The first-order valence-corrected chi connectivity index (χ1v) is 15.9. The number of esters is 1. The molecule has 0 saturated heterocycles. The summed E-state index contributed by atoms with van der Waals surface area (Å²) in [6, 6.07) is 20.4. The second kappa shape index (κ2) is 17.2. The van der Waals surface area contributed by atoms with Crippen LogP contribution < -0.4 is 16.0 Å². The average molecular weight is 627 g/mol. The zero-order valence-electron chi connectivity index (χ0n) is 27.2. The number of nitrogens with zero attached hydrogens (tertiary/aromatic N) is 2. The smallest absolute Gasteiger partial charge is 0.319 e. The van der Waals surface area contributed by atoms with Gasteiger partial charge in [-0.3, -0.25) is 19.3 Å². The molecule has 0 bridgehead atoms. The predicted octanol–water partition coefficient (Wildman–Crippen LogP) is 4.74. The molecule has 10 nitrogen and oxygen atoms in total. The SMILES string of the molecule is COC(=O)CN(CCC[C@H](NC(=O)c1ccc(CNCc2ncc[nH]2)cc1)C(=O)NC(C)c1cccc2ccccc12)CC(C)C. The normalized spacial score (nSPS) is 12.7. The number of benzene rings is 3. The molecule has 0 aliphatic rings. The molecule has 0 spiro atoms. The Morgan fingerprint density at radius 2 is 1.70 bits per heavy atom. The minimum Gasteiger partial charge on any atom is -0.468 e. The van der Waals surface area contributed by atoms with Gasteiger partial charge in [-0.25, -0.2) is 4.98 Å². The monoisotopic (exact) mass is 626 g/mol. The zero-order valence-corrected chi connectivity index (χ0v) is 27.2. The molecule has 0 aliphatic carbocycles. The van der Waals surface area contributed by atoms with Gasteiger partial charge in [0.15, 0.2) is 0 Å². The van der Waals surface area contributed by atoms with Crippen LogP contribution in [0, 0.1) is 5.92 Å². The van der Waals surface area contributed by atoms with E-state index in [1.807, 2.05) is 66.4 Å². The number of amides is 2. The highest BCUT2D eigenvalue weighted by Crippen LogP contribution is 2.24. The molecule has 0 saturated carbocycles. The van der Waals surface area contributed by atoms with E-state index in [9.17, 15) is 14.4 Å². The summed E-state index contributed by atoms with van der Waals surface area (Å²) in [7, 11) is 1.38. The Kier molecular flexibility index (Phi) is 12.9. The summed E-state index contributed by atoms with van der Waals surface area (Å²) in [4.78, 5) is 48.5. The number of aromatic amines is 1. The topological polar surface area (TPSA) is 128 Å². The maximum Gasteiger partial charge on any atom is 0.319 e. The molecule has 0 aliphatic heterocycles. The van der Waals surface area contributed by atoms with Gasteiger partial charge in [-0.2, -0.15) is 0 Å². The molecule has 4 aromatic rings. The lowest BCUT2D eigenvalue weighted by Crippen LogP contribution is -2.47. The number of carbonyl (C=O) groups excluding carboxylic acids is 3. The minimum atomic E-state index is -0.765. The minimum absolute atomic E-state index is 0.179. The van der Waals surface area contributed by atoms with Crippen LogP contribution in [0.2, 0.25) is 0 Å². The van der Waals surface area contributed by atoms with Crippen LogP contribution in [0.25, 0.3) is 10.8 Å². The molecule has 244 valence electrons. The van der Waals surface area contributed by atoms with Crippen LogP contribution in [0.5, 0.6) is 0 Å². The van der Waals surface area contributed by atoms with Crippen LogP contribution in [-0.4, -0.2) is 65.4 Å². The quantitative estimate of drug-likeness (QED) is 0.125. The van der Waals surface area contributed by atoms with Crippen molar-refractivity contribution in [1.82, 2.24) is 30.8 Å². The third-order valence-corrected chi connectivity index (χ3v) is 7.83. The Hall–Kier alpha value is -4.54. The van der Waals surface area contributed by atoms with Crippen LogP contribution in [-0.2, 0) is 27.4 Å². The van der Waals surface area contributed by atoms with Gasteiger partial charge in [-0.15, -0.1) is 0 Å². The van der Waals surface area contributed by atoms with E-state index in [2.05, 4.69) is 39.8 Å². The van der Waals surface area contributed by atoms with Gasteiger partial charge in [0, 0.05) is 31.0 Å². The number of ether oxygens (including phenoxy) is 1. The van der Waals surface area contributed by atoms with E-state index >= 15 is 0 Å². The number of aromatic nitrogens is 2. The number of imidazole rings is 1. The van der Waals surface area contributed by atoms with Crippen molar-refractivity contribution < 1.29 is 19.1 Å². The molecule has 2 atom stereocenters. The van der Waals surface area contributed by atoms with Crippen molar-refractivity contribution in [3.63, 3.8) is 0 Å². The summed E-state index contributed by atoms with van der Waals surface area (Å²) in [5.74, 6) is 0.338. The maximum absolute atomic E-state index is 13.7. The predicted molar refractivity (Wildman–Crippen MR) is 180 cm³/mol. The fourth-order valence-corrected chi connectivity index (χ4v) is 5.54. The molecule has 2 amide bonds. The maximum atomic E-state index is 13.7. The van der Waals surface area contributed by atoms with Gasteiger partial charge in [0.1, 0.15) is 11.9 Å². The molecule has 46 heavy (non-hydrogen) atoms. The molecule has 10 heteroatoms. The van der Waals surface area contributed by atoms with Crippen molar-refractivity contribution >= 4 is 28.6 Å². The highest BCUT2D eigenvalue weighted by atomic mass is 16.5. The van der Waals surface area contributed by atoms with Gasteiger partial charge in [0.2, 0.25) is 5.91 Å². The zero-order chi connectivity index (χ0) is 32.9. The molecular weight excluding hydrogens is 580 g/mol. The van der Waals surface area contributed by atoms with Crippen LogP contribution in [0.15, 0.2) is 79.1 Å². The van der Waals surface area contributed by atoms with E-state index in [4.69, 9.17) is 4.74 Å². The van der Waals surface area contributed by atoms with Crippen LogP contribution >= 0.6 is 0 Å². The van der Waals surface area contributed by atoms with E-state index in [1.165, 1.54) is 7.11 Å². The number of hydrogen-bond acceptors (Lipinski definition) is 7. The first-order valence-electron chi connectivity index (χ1n) is 15.9. The molecule has 3 aromatic carbocycles. The van der Waals surface area contributed by atoms with Crippen molar-refractivity contribution in [2.75, 3.05) is 26.7 Å². The first-order chi connectivity index (χ1) is 22.2. The Labute approximate surface area is 271 Å². The van der Waals surface area contributed by atoms with E-state index in [-0.39, 0.29) is 30.4 Å². The van der Waals surface area contributed by atoms with Crippen LogP contribution in [0.3, 0.4) is 0 Å². The standard InChI is InChI=1S/C36H46N6O4/c1-25(2)23-42(24-34(43)46-4)20-8-13-32(36(45)40-26(3)30-12-7-10-28-9-5-6-11-31(28)30)41-35(44)29-16-14-27(15-17-29)21-37-22-33-38-18-19-39-33/h5-7,9-12,14-19,25-26,32,37H,8,13,20-24H2,1-4H3,(H,38,39)(H,40,45)(H,41,44)/t26?,32-/m0/s1. The molecule has 1 unspecified atom stereocenters. The number of H-pyrrole nitrogens is 1. The van der Waals surface area contributed by atoms with E-state index < -0.39 is 6.04 Å². The summed E-state index contributed by atoms with van der Waals surface area (Å²) in [6.45, 7) is 8.86. The summed E-state index contributed by atoms with van der Waals surface area (Å²) in [5.41, 5.74) is 2.51. The summed E-state index contributed by atoms with van der Waals surface area (Å²) in [5, 5.41) is 11.6. The molecule has 0 radical (unpaired) electrons.